The summed E-state index contributed by atoms with van der Waals surface area (Å²) in [6.07, 6.45) is 1.35. The van der Waals surface area contributed by atoms with Crippen LogP contribution >= 0.6 is 11.8 Å². The molecule has 10 heteroatoms. The fraction of sp³-hybridized carbons (Fsp3) is 0.300. The van der Waals surface area contributed by atoms with Crippen molar-refractivity contribution in [2.24, 2.45) is 11.7 Å². The van der Waals surface area contributed by atoms with Crippen LogP contribution in [0.1, 0.15) is 24.0 Å². The van der Waals surface area contributed by atoms with E-state index in [9.17, 15) is 9.90 Å². The molecule has 5 rings (SSSR count). The summed E-state index contributed by atoms with van der Waals surface area (Å²) in [4.78, 5) is 25.8. The van der Waals surface area contributed by atoms with Gasteiger partial charge in [-0.2, -0.15) is 4.98 Å². The van der Waals surface area contributed by atoms with Crippen molar-refractivity contribution >= 4 is 40.3 Å². The Hall–Kier alpha value is -4.02. The lowest BCUT2D eigenvalue weighted by Crippen LogP contribution is -2.39. The van der Waals surface area contributed by atoms with Crippen LogP contribution in [0.15, 0.2) is 70.5 Å². The molecule has 1 saturated heterocycles. The summed E-state index contributed by atoms with van der Waals surface area (Å²) in [6.45, 7) is 1.82. The lowest BCUT2D eigenvalue weighted by atomic mass is 9.96. The fourth-order valence-electron chi connectivity index (χ4n) is 4.91. The van der Waals surface area contributed by atoms with Crippen LogP contribution in [0.5, 0.6) is 11.5 Å². The van der Waals surface area contributed by atoms with E-state index < -0.39 is 0 Å². The van der Waals surface area contributed by atoms with E-state index in [1.807, 2.05) is 48.5 Å². The number of fused-ring (bicyclic) bond motifs is 1. The molecule has 1 aliphatic heterocycles. The number of methoxy groups -OCH3 is 2. The molecule has 4 N–H and O–H groups in total. The Morgan fingerprint density at radius 3 is 2.27 bits per heavy atom. The minimum absolute atomic E-state index is 0.0117. The summed E-state index contributed by atoms with van der Waals surface area (Å²) in [5.74, 6) is 2.07. The van der Waals surface area contributed by atoms with Gasteiger partial charge in [0.2, 0.25) is 11.9 Å². The SMILES string of the molecule is COc1cc2nc(NCc3ccccc3Sc3ccccc3CO)nc(N3CCC(C(N)=O)CC3)c2cc1OC. The van der Waals surface area contributed by atoms with Crippen LogP contribution in [0.4, 0.5) is 11.8 Å². The zero-order valence-corrected chi connectivity index (χ0v) is 23.4. The van der Waals surface area contributed by atoms with Gasteiger partial charge in [-0.05, 0) is 42.2 Å². The molecule has 1 fully saturated rings. The Morgan fingerprint density at radius 2 is 1.62 bits per heavy atom. The van der Waals surface area contributed by atoms with Crippen molar-refractivity contribution < 1.29 is 19.4 Å². The number of hydrogen-bond donors (Lipinski definition) is 3. The third kappa shape index (κ3) is 5.93. The first-order chi connectivity index (χ1) is 19.5. The topological polar surface area (TPSA) is 123 Å². The van der Waals surface area contributed by atoms with E-state index in [0.29, 0.717) is 49.9 Å². The van der Waals surface area contributed by atoms with Crippen molar-refractivity contribution in [3.8, 4) is 11.5 Å². The first kappa shape index (κ1) is 27.5. The molecule has 0 aliphatic carbocycles. The lowest BCUT2D eigenvalue weighted by Gasteiger charge is -2.32. The molecule has 2 heterocycles. The van der Waals surface area contributed by atoms with Crippen LogP contribution in [0, 0.1) is 5.92 Å². The number of rotatable bonds is 10. The molecule has 40 heavy (non-hydrogen) atoms. The smallest absolute Gasteiger partial charge is 0.225 e. The van der Waals surface area contributed by atoms with Crippen molar-refractivity contribution in [2.75, 3.05) is 37.5 Å². The maximum atomic E-state index is 11.7. The second-order valence-electron chi connectivity index (χ2n) is 9.59. The van der Waals surface area contributed by atoms with Crippen LogP contribution in [0.2, 0.25) is 0 Å². The molecular weight excluding hydrogens is 526 g/mol. The summed E-state index contributed by atoms with van der Waals surface area (Å²) < 4.78 is 11.1. The van der Waals surface area contributed by atoms with Crippen molar-refractivity contribution in [3.63, 3.8) is 0 Å². The number of nitrogens with two attached hydrogens (primary N) is 1. The molecule has 3 aromatic carbocycles. The number of hydrogen-bond acceptors (Lipinski definition) is 9. The molecule has 4 aromatic rings. The number of carbonyl (C=O) groups is 1. The van der Waals surface area contributed by atoms with E-state index in [0.717, 1.165) is 37.6 Å². The van der Waals surface area contributed by atoms with Gasteiger partial charge in [-0.3, -0.25) is 4.79 Å². The van der Waals surface area contributed by atoms with Crippen LogP contribution in [-0.2, 0) is 17.9 Å². The Morgan fingerprint density at radius 1 is 1.00 bits per heavy atom. The molecule has 0 spiro atoms. The van der Waals surface area contributed by atoms with Crippen LogP contribution in [-0.4, -0.2) is 48.3 Å². The highest BCUT2D eigenvalue weighted by Crippen LogP contribution is 2.37. The van der Waals surface area contributed by atoms with Gasteiger partial charge in [0.25, 0.3) is 0 Å². The molecule has 0 bridgehead atoms. The number of carbonyl (C=O) groups excluding carboxylic acids is 1. The van der Waals surface area contributed by atoms with E-state index >= 15 is 0 Å². The van der Waals surface area contributed by atoms with Gasteiger partial charge in [-0.25, -0.2) is 4.98 Å². The van der Waals surface area contributed by atoms with E-state index in [1.54, 1.807) is 26.0 Å². The predicted molar refractivity (Wildman–Crippen MR) is 157 cm³/mol. The first-order valence-corrected chi connectivity index (χ1v) is 14.0. The number of piperidine rings is 1. The average Bonchev–Trinajstić information content (AvgIpc) is 2.99. The molecule has 0 unspecified atom stereocenters. The van der Waals surface area contributed by atoms with E-state index in [2.05, 4.69) is 22.3 Å². The van der Waals surface area contributed by atoms with Gasteiger partial charge in [0.1, 0.15) is 5.82 Å². The fourth-order valence-corrected chi connectivity index (χ4v) is 5.98. The second kappa shape index (κ2) is 12.4. The number of nitrogens with one attached hydrogen (secondary N) is 1. The average molecular weight is 560 g/mol. The van der Waals surface area contributed by atoms with E-state index in [-0.39, 0.29) is 18.4 Å². The standard InChI is InChI=1S/C30H33N5O4S/c1-38-24-15-22-23(16-25(24)39-2)33-30(34-29(22)35-13-11-19(12-14-35)28(31)37)32-17-20-7-3-5-9-26(20)40-27-10-6-4-8-21(27)18-36/h3-10,15-16,19,36H,11-14,17-18H2,1-2H3,(H2,31,37)(H,32,33,34). The quantitative estimate of drug-likeness (QED) is 0.256. The van der Waals surface area contributed by atoms with Gasteiger partial charge in [0, 0.05) is 46.8 Å². The largest absolute Gasteiger partial charge is 0.493 e. The number of aromatic nitrogens is 2. The number of amides is 1. The minimum atomic E-state index is -0.251. The third-order valence-corrected chi connectivity index (χ3v) is 8.39. The summed E-state index contributed by atoms with van der Waals surface area (Å²) in [7, 11) is 3.20. The van der Waals surface area contributed by atoms with Crippen LogP contribution < -0.4 is 25.4 Å². The van der Waals surface area contributed by atoms with Crippen molar-refractivity contribution in [2.45, 2.75) is 35.8 Å². The predicted octanol–water partition coefficient (Wildman–Crippen LogP) is 4.60. The van der Waals surface area contributed by atoms with Crippen LogP contribution in [0.3, 0.4) is 0 Å². The van der Waals surface area contributed by atoms with E-state index in [1.165, 1.54) is 0 Å². The Bertz CT molecular complexity index is 1510. The number of benzene rings is 3. The molecule has 1 aliphatic rings. The number of anilines is 2. The highest BCUT2D eigenvalue weighted by molar-refractivity contribution is 7.99. The maximum absolute atomic E-state index is 11.7. The molecule has 0 saturated carbocycles. The summed E-state index contributed by atoms with van der Waals surface area (Å²) >= 11 is 1.62. The number of nitrogens with zero attached hydrogens (tertiary/aromatic N) is 3. The van der Waals surface area contributed by atoms with E-state index in [4.69, 9.17) is 25.2 Å². The number of primary amides is 1. The summed E-state index contributed by atoms with van der Waals surface area (Å²) in [6, 6.07) is 19.8. The maximum Gasteiger partial charge on any atom is 0.225 e. The highest BCUT2D eigenvalue weighted by atomic mass is 32.2. The first-order valence-electron chi connectivity index (χ1n) is 13.2. The van der Waals surface area contributed by atoms with Gasteiger partial charge in [-0.1, -0.05) is 48.2 Å². The van der Waals surface area contributed by atoms with Crippen molar-refractivity contribution in [3.05, 3.63) is 71.8 Å². The Labute approximate surface area is 237 Å². The van der Waals surface area contributed by atoms with Crippen molar-refractivity contribution in [1.29, 1.82) is 0 Å². The molecule has 1 amide bonds. The van der Waals surface area contributed by atoms with Crippen molar-refractivity contribution in [1.82, 2.24) is 9.97 Å². The zero-order chi connectivity index (χ0) is 28.1. The lowest BCUT2D eigenvalue weighted by molar-refractivity contribution is -0.122. The molecular formula is C30H33N5O4S. The van der Waals surface area contributed by atoms with Gasteiger partial charge < -0.3 is 30.5 Å². The number of aliphatic hydroxyl groups excluding tert-OH is 1. The Balaban J connectivity index is 1.46. The second-order valence-corrected chi connectivity index (χ2v) is 10.7. The van der Waals surface area contributed by atoms with Gasteiger partial charge in [-0.15, -0.1) is 0 Å². The van der Waals surface area contributed by atoms with Gasteiger partial charge >= 0.3 is 0 Å². The molecule has 1 aromatic heterocycles. The molecule has 208 valence electrons. The Kier molecular flexibility index (Phi) is 8.57. The third-order valence-electron chi connectivity index (χ3n) is 7.15. The highest BCUT2D eigenvalue weighted by Gasteiger charge is 2.26. The van der Waals surface area contributed by atoms with Crippen LogP contribution in [0.25, 0.3) is 10.9 Å². The summed E-state index contributed by atoms with van der Waals surface area (Å²) in [5.41, 5.74) is 8.27. The van der Waals surface area contributed by atoms with Gasteiger partial charge in [0.15, 0.2) is 11.5 Å². The summed E-state index contributed by atoms with van der Waals surface area (Å²) in [5, 5.41) is 14.0. The molecule has 0 radical (unpaired) electrons. The minimum Gasteiger partial charge on any atom is -0.493 e. The van der Waals surface area contributed by atoms with Gasteiger partial charge in [0.05, 0.1) is 26.3 Å². The monoisotopic (exact) mass is 559 g/mol. The number of ether oxygens (including phenoxy) is 2. The normalized spacial score (nSPS) is 13.8. The molecule has 9 nitrogen and oxygen atoms in total. The molecule has 0 atom stereocenters. The zero-order valence-electron chi connectivity index (χ0n) is 22.6. The number of aliphatic hydroxyl groups is 1.